The Morgan fingerprint density at radius 3 is 2.79 bits per heavy atom. The summed E-state index contributed by atoms with van der Waals surface area (Å²) < 4.78 is 10.4. The molecule has 1 heterocycles. The molecule has 10 nitrogen and oxygen atoms in total. The van der Waals surface area contributed by atoms with Crippen molar-refractivity contribution in [3.05, 3.63) is 23.8 Å². The van der Waals surface area contributed by atoms with Gasteiger partial charge in [-0.2, -0.15) is 0 Å². The maximum atomic E-state index is 12.2. The molecular formula is C14H18N5O5+. The molecule has 1 saturated heterocycles. The third-order valence-electron chi connectivity index (χ3n) is 3.79. The summed E-state index contributed by atoms with van der Waals surface area (Å²) >= 11 is 0. The minimum atomic E-state index is -1.29. The molecule has 0 aliphatic carbocycles. The van der Waals surface area contributed by atoms with E-state index in [1.165, 1.54) is 19.1 Å². The molecule has 3 N–H and O–H groups in total. The number of likely N-dealkylation sites (tertiary alicyclic amines) is 1. The van der Waals surface area contributed by atoms with Gasteiger partial charge >= 0.3 is 6.09 Å². The summed E-state index contributed by atoms with van der Waals surface area (Å²) in [4.78, 5) is 27.4. The van der Waals surface area contributed by atoms with E-state index >= 15 is 0 Å². The highest BCUT2D eigenvalue weighted by Crippen LogP contribution is 2.30. The molecule has 0 spiro atoms. The maximum absolute atomic E-state index is 12.2. The lowest BCUT2D eigenvalue weighted by Gasteiger charge is -2.45. The summed E-state index contributed by atoms with van der Waals surface area (Å²) in [5, 5.41) is 14.5. The molecule has 1 fully saturated rings. The predicted molar refractivity (Wildman–Crippen MR) is 81.0 cm³/mol. The summed E-state index contributed by atoms with van der Waals surface area (Å²) in [7, 11) is 3.05. The van der Waals surface area contributed by atoms with Crippen molar-refractivity contribution in [2.75, 3.05) is 20.8 Å². The fraction of sp³-hybridized carbons (Fsp3) is 0.429. The molecule has 1 aromatic carbocycles. The van der Waals surface area contributed by atoms with Crippen LogP contribution in [0.1, 0.15) is 5.56 Å². The Kier molecular flexibility index (Phi) is 5.33. The van der Waals surface area contributed by atoms with Gasteiger partial charge in [0.15, 0.2) is 0 Å². The molecule has 24 heavy (non-hydrogen) atoms. The largest absolute Gasteiger partial charge is 0.497 e. The molecule has 0 saturated carbocycles. The van der Waals surface area contributed by atoms with Crippen molar-refractivity contribution in [2.45, 2.75) is 18.6 Å². The van der Waals surface area contributed by atoms with Crippen molar-refractivity contribution >= 4 is 12.0 Å². The van der Waals surface area contributed by atoms with E-state index in [0.717, 1.165) is 5.56 Å². The van der Waals surface area contributed by atoms with Gasteiger partial charge in [0.2, 0.25) is 10.8 Å². The highest BCUT2D eigenvalue weighted by Gasteiger charge is 2.49. The average Bonchev–Trinajstić information content (AvgIpc) is 2.59. The molecule has 10 heteroatoms. The Labute approximate surface area is 137 Å². The van der Waals surface area contributed by atoms with Crippen molar-refractivity contribution in [1.82, 2.24) is 15.1 Å². The van der Waals surface area contributed by atoms with E-state index < -0.39 is 18.2 Å². The zero-order chi connectivity index (χ0) is 17.7. The molecule has 128 valence electrons. The monoisotopic (exact) mass is 336 g/mol. The fourth-order valence-electron chi connectivity index (χ4n) is 2.59. The van der Waals surface area contributed by atoms with Gasteiger partial charge in [-0.1, -0.05) is 0 Å². The van der Waals surface area contributed by atoms with Crippen LogP contribution in [0, 0.1) is 5.53 Å². The second kappa shape index (κ2) is 7.42. The van der Waals surface area contributed by atoms with Crippen LogP contribution in [-0.2, 0) is 11.3 Å². The number of carbonyl (C=O) groups is 2. The Hall–Kier alpha value is -3.13. The normalized spacial score (nSPS) is 19.1. The van der Waals surface area contributed by atoms with Crippen LogP contribution in [-0.4, -0.2) is 54.9 Å². The third-order valence-corrected chi connectivity index (χ3v) is 3.79. The molecule has 0 bridgehead atoms. The number of nitrogens with zero attached hydrogens (tertiary/aromatic N) is 3. The lowest BCUT2D eigenvalue weighted by atomic mass is 9.94. The second-order valence-corrected chi connectivity index (χ2v) is 5.06. The quantitative estimate of drug-likeness (QED) is 0.380. The molecule has 0 radical (unpaired) electrons. The molecule has 1 aromatic rings. The van der Waals surface area contributed by atoms with Crippen LogP contribution in [0.25, 0.3) is 0 Å². The van der Waals surface area contributed by atoms with E-state index in [9.17, 15) is 9.59 Å². The van der Waals surface area contributed by atoms with Gasteiger partial charge in [-0.15, -0.1) is 0 Å². The van der Waals surface area contributed by atoms with Gasteiger partial charge in [0.05, 0.1) is 20.3 Å². The first kappa shape index (κ1) is 17.2. The topological polar surface area (TPSA) is 138 Å². The molecule has 1 aliphatic heterocycles. The van der Waals surface area contributed by atoms with Gasteiger partial charge in [-0.05, 0) is 12.1 Å². The number of hydrogen-bond acceptors (Lipinski definition) is 6. The van der Waals surface area contributed by atoms with E-state index in [0.29, 0.717) is 11.5 Å². The molecule has 1 aliphatic rings. The molecule has 2 rings (SSSR count). The van der Waals surface area contributed by atoms with Gasteiger partial charge in [0, 0.05) is 18.2 Å². The summed E-state index contributed by atoms with van der Waals surface area (Å²) in [5.74, 6) is 0.814. The van der Waals surface area contributed by atoms with E-state index in [2.05, 4.69) is 15.3 Å². The fourth-order valence-corrected chi connectivity index (χ4v) is 2.59. The Morgan fingerprint density at radius 1 is 1.46 bits per heavy atom. The summed E-state index contributed by atoms with van der Waals surface area (Å²) in [6.07, 6.45) is -1.29. The standard InChI is InChI=1S/C14H17N5O5/c1-23-9-4-3-8(11(5-9)24-2)7-19-10(6-16-18-15)12(13(19)20)17-14(21)22/h3-5,10,12,15,17H,6-7H2,1-2H3/p+1/t10-,12+/m1/s1. The van der Waals surface area contributed by atoms with Crippen LogP contribution in [0.15, 0.2) is 23.3 Å². The number of benzene rings is 1. The number of β-lactam (4-membered cyclic amide) rings is 1. The highest BCUT2D eigenvalue weighted by atomic mass is 16.5. The molecule has 2 amide bonds. The van der Waals surface area contributed by atoms with E-state index in [4.69, 9.17) is 20.1 Å². The van der Waals surface area contributed by atoms with Crippen LogP contribution in [0.3, 0.4) is 0 Å². The molecular weight excluding hydrogens is 318 g/mol. The van der Waals surface area contributed by atoms with Gasteiger partial charge < -0.3 is 24.8 Å². The minimum absolute atomic E-state index is 0.0403. The van der Waals surface area contributed by atoms with Crippen molar-refractivity contribution in [2.24, 2.45) is 5.11 Å². The van der Waals surface area contributed by atoms with Gasteiger partial charge in [-0.3, -0.25) is 4.79 Å². The number of carbonyl (C=O) groups excluding carboxylic acids is 1. The summed E-state index contributed by atoms with van der Waals surface area (Å²) in [6.45, 7) is 0.265. The van der Waals surface area contributed by atoms with Gasteiger partial charge in [0.1, 0.15) is 34.7 Å². The predicted octanol–water partition coefficient (Wildman–Crippen LogP) is 0.601. The maximum Gasteiger partial charge on any atom is 0.405 e. The van der Waals surface area contributed by atoms with E-state index in [1.807, 2.05) is 0 Å². The zero-order valence-electron chi connectivity index (χ0n) is 13.2. The van der Waals surface area contributed by atoms with Crippen molar-refractivity contribution in [1.29, 1.82) is 5.53 Å². The second-order valence-electron chi connectivity index (χ2n) is 5.06. The summed E-state index contributed by atoms with van der Waals surface area (Å²) in [6, 6.07) is 3.82. The minimum Gasteiger partial charge on any atom is -0.497 e. The van der Waals surface area contributed by atoms with Crippen molar-refractivity contribution in [3.8, 4) is 11.5 Å². The van der Waals surface area contributed by atoms with Crippen LogP contribution >= 0.6 is 0 Å². The van der Waals surface area contributed by atoms with Crippen molar-refractivity contribution < 1.29 is 24.2 Å². The van der Waals surface area contributed by atoms with E-state index in [1.54, 1.807) is 18.2 Å². The number of methoxy groups -OCH3 is 2. The SMILES string of the molecule is COc1ccc(CN2C(=O)[C@@H](NC(=O)O)[C@H]2CN=[N+]=N)c(OC)c1. The Balaban J connectivity index is 2.19. The number of carboxylic acid groups (broad SMARTS) is 1. The van der Waals surface area contributed by atoms with E-state index in [-0.39, 0.29) is 19.0 Å². The molecule has 0 unspecified atom stereocenters. The highest BCUT2D eigenvalue weighted by molar-refractivity contribution is 5.92. The lowest BCUT2D eigenvalue weighted by molar-refractivity contribution is -0.151. The number of amides is 2. The first-order valence-electron chi connectivity index (χ1n) is 7.05. The third kappa shape index (κ3) is 3.44. The zero-order valence-corrected chi connectivity index (χ0v) is 13.2. The average molecular weight is 336 g/mol. The van der Waals surface area contributed by atoms with Gasteiger partial charge in [-0.25, -0.2) is 4.79 Å². The number of nitrogens with one attached hydrogen (secondary N) is 2. The number of ether oxygens (including phenoxy) is 2. The lowest BCUT2D eigenvalue weighted by Crippen LogP contribution is -2.71. The van der Waals surface area contributed by atoms with Gasteiger partial charge in [0.25, 0.3) is 0 Å². The number of rotatable bonds is 7. The first-order chi connectivity index (χ1) is 11.5. The Morgan fingerprint density at radius 2 is 2.21 bits per heavy atom. The van der Waals surface area contributed by atoms with Crippen LogP contribution < -0.4 is 19.7 Å². The Bertz CT molecular complexity index is 688. The number of hydrogen-bond donors (Lipinski definition) is 3. The molecule has 0 aromatic heterocycles. The molecule has 2 atom stereocenters. The van der Waals surface area contributed by atoms with Crippen LogP contribution in [0.4, 0.5) is 4.79 Å². The van der Waals surface area contributed by atoms with Crippen LogP contribution in [0.2, 0.25) is 0 Å². The van der Waals surface area contributed by atoms with Crippen molar-refractivity contribution in [3.63, 3.8) is 0 Å². The smallest absolute Gasteiger partial charge is 0.405 e. The van der Waals surface area contributed by atoms with Crippen LogP contribution in [0.5, 0.6) is 11.5 Å². The summed E-state index contributed by atoms with van der Waals surface area (Å²) in [5.41, 5.74) is 7.48. The first-order valence-corrected chi connectivity index (χ1v) is 7.05.